The molecule has 1 aliphatic carbocycles. The second-order valence-electron chi connectivity index (χ2n) is 5.03. The molecule has 0 bridgehead atoms. The highest BCUT2D eigenvalue weighted by atomic mass is 16.5. The Hall–Kier alpha value is -1.90. The van der Waals surface area contributed by atoms with E-state index in [4.69, 9.17) is 0 Å². The van der Waals surface area contributed by atoms with Gasteiger partial charge in [0.1, 0.15) is 0 Å². The van der Waals surface area contributed by atoms with E-state index >= 15 is 0 Å². The number of hydrogen-bond acceptors (Lipinski definition) is 2. The zero-order valence-electron chi connectivity index (χ0n) is 9.72. The molecule has 0 fully saturated rings. The van der Waals surface area contributed by atoms with E-state index in [0.29, 0.717) is 0 Å². The molecule has 0 aliphatic heterocycles. The average molecular weight is 236 g/mol. The summed E-state index contributed by atoms with van der Waals surface area (Å²) in [5, 5.41) is 25.4. The topological polar surface area (TPSA) is 40.5 Å². The van der Waals surface area contributed by atoms with Gasteiger partial charge in [-0.1, -0.05) is 42.5 Å². The lowest BCUT2D eigenvalue weighted by molar-refractivity contribution is -0.102. The van der Waals surface area contributed by atoms with E-state index in [1.54, 1.807) is 6.08 Å². The summed E-state index contributed by atoms with van der Waals surface area (Å²) in [5.74, 6) is -1.73. The first kappa shape index (κ1) is 10.1. The van der Waals surface area contributed by atoms with Crippen LogP contribution in [0.4, 0.5) is 0 Å². The fourth-order valence-corrected chi connectivity index (χ4v) is 3.03. The first-order valence-electron chi connectivity index (χ1n) is 6.05. The normalized spacial score (nSPS) is 17.0. The van der Waals surface area contributed by atoms with E-state index in [1.165, 1.54) is 16.2 Å². The molecule has 2 N–H and O–H groups in total. The van der Waals surface area contributed by atoms with Gasteiger partial charge in [0.25, 0.3) is 0 Å². The summed E-state index contributed by atoms with van der Waals surface area (Å²) < 4.78 is 0. The summed E-state index contributed by atoms with van der Waals surface area (Å²) in [7, 11) is 0. The molecule has 3 aromatic carbocycles. The van der Waals surface area contributed by atoms with Gasteiger partial charge in [-0.2, -0.15) is 0 Å². The smallest absolute Gasteiger partial charge is 0.187 e. The van der Waals surface area contributed by atoms with Crippen LogP contribution in [-0.4, -0.2) is 16.0 Å². The molecule has 4 rings (SSSR count). The molecule has 0 unspecified atom stereocenters. The summed E-state index contributed by atoms with van der Waals surface area (Å²) in [6, 6.07) is 14.3. The molecule has 0 saturated carbocycles. The molecule has 3 aromatic rings. The number of aliphatic hydroxyl groups is 2. The predicted molar refractivity (Wildman–Crippen MR) is 72.0 cm³/mol. The van der Waals surface area contributed by atoms with Gasteiger partial charge in [0.15, 0.2) is 5.79 Å². The lowest BCUT2D eigenvalue weighted by Crippen LogP contribution is -2.34. The molecule has 0 heterocycles. The standard InChI is InChI=1S/C16H12O2/c17-16(18)8-12-6-4-10-2-1-3-11-5-7-13(9-16)15(12)14(10)11/h1-8,17-18H,9H2. The molecule has 0 saturated heterocycles. The van der Waals surface area contributed by atoms with E-state index in [2.05, 4.69) is 18.2 Å². The van der Waals surface area contributed by atoms with Crippen molar-refractivity contribution in [3.05, 3.63) is 53.2 Å². The van der Waals surface area contributed by atoms with Crippen LogP contribution in [0.15, 0.2) is 42.5 Å². The fraction of sp³-hybridized carbons (Fsp3) is 0.125. The third kappa shape index (κ3) is 1.24. The Morgan fingerprint density at radius 2 is 1.56 bits per heavy atom. The van der Waals surface area contributed by atoms with Crippen LogP contribution < -0.4 is 5.22 Å². The molecule has 2 nitrogen and oxygen atoms in total. The van der Waals surface area contributed by atoms with Gasteiger partial charge in [-0.25, -0.2) is 0 Å². The van der Waals surface area contributed by atoms with E-state index in [1.807, 2.05) is 24.3 Å². The molecule has 18 heavy (non-hydrogen) atoms. The fourth-order valence-electron chi connectivity index (χ4n) is 3.03. The molecule has 0 atom stereocenters. The van der Waals surface area contributed by atoms with Crippen LogP contribution in [0.5, 0.6) is 0 Å². The Bertz CT molecular complexity index is 815. The van der Waals surface area contributed by atoms with Gasteiger partial charge in [0.05, 0.1) is 0 Å². The predicted octanol–water partition coefficient (Wildman–Crippen LogP) is 1.73. The minimum atomic E-state index is -1.73. The highest BCUT2D eigenvalue weighted by Gasteiger charge is 2.26. The minimum absolute atomic E-state index is 0.254. The lowest BCUT2D eigenvalue weighted by atomic mass is 9.88. The molecular weight excluding hydrogens is 224 g/mol. The molecule has 0 spiro atoms. The van der Waals surface area contributed by atoms with E-state index in [9.17, 15) is 10.2 Å². The van der Waals surface area contributed by atoms with Crippen molar-refractivity contribution in [2.24, 2.45) is 0 Å². The number of rotatable bonds is 0. The van der Waals surface area contributed by atoms with Crippen LogP contribution in [0, 0.1) is 0 Å². The van der Waals surface area contributed by atoms with Crippen molar-refractivity contribution in [3.8, 4) is 0 Å². The molecule has 1 aliphatic rings. The van der Waals surface area contributed by atoms with Gasteiger partial charge in [0.2, 0.25) is 0 Å². The zero-order chi connectivity index (χ0) is 12.3. The van der Waals surface area contributed by atoms with Gasteiger partial charge in [-0.3, -0.25) is 0 Å². The summed E-state index contributed by atoms with van der Waals surface area (Å²) in [6.07, 6.45) is 1.80. The maximum absolute atomic E-state index is 9.86. The molecule has 0 aromatic heterocycles. The Kier molecular flexibility index (Phi) is 1.74. The monoisotopic (exact) mass is 236 g/mol. The highest BCUT2D eigenvalue weighted by Crippen LogP contribution is 2.30. The maximum atomic E-state index is 9.86. The van der Waals surface area contributed by atoms with Crippen molar-refractivity contribution in [2.75, 3.05) is 0 Å². The number of benzene rings is 3. The van der Waals surface area contributed by atoms with Gasteiger partial charge in [-0.15, -0.1) is 0 Å². The van der Waals surface area contributed by atoms with Gasteiger partial charge in [0, 0.05) is 6.42 Å². The molecule has 2 heteroatoms. The first-order chi connectivity index (χ1) is 8.64. The largest absolute Gasteiger partial charge is 0.362 e. The van der Waals surface area contributed by atoms with E-state index < -0.39 is 5.79 Å². The third-order valence-electron chi connectivity index (χ3n) is 3.73. The highest BCUT2D eigenvalue weighted by molar-refractivity contribution is 6.11. The van der Waals surface area contributed by atoms with E-state index in [0.717, 1.165) is 16.2 Å². The molecule has 0 radical (unpaired) electrons. The van der Waals surface area contributed by atoms with Crippen molar-refractivity contribution >= 4 is 27.6 Å². The SMILES string of the molecule is OC1(O)C=c2ccc3cccc4ccc(c2c43)C1. The summed E-state index contributed by atoms with van der Waals surface area (Å²) in [6.45, 7) is 0. The third-order valence-corrected chi connectivity index (χ3v) is 3.73. The van der Waals surface area contributed by atoms with Gasteiger partial charge < -0.3 is 10.2 Å². The first-order valence-corrected chi connectivity index (χ1v) is 6.05. The Morgan fingerprint density at radius 1 is 0.833 bits per heavy atom. The van der Waals surface area contributed by atoms with Crippen LogP contribution in [-0.2, 0) is 6.42 Å². The minimum Gasteiger partial charge on any atom is -0.362 e. The second kappa shape index (κ2) is 3.10. The molecular formula is C16H12O2. The number of hydrogen-bond donors (Lipinski definition) is 2. The van der Waals surface area contributed by atoms with Crippen molar-refractivity contribution in [3.63, 3.8) is 0 Å². The Labute approximate surface area is 104 Å². The average Bonchev–Trinajstić information content (AvgIpc) is 2.34. The van der Waals surface area contributed by atoms with E-state index in [-0.39, 0.29) is 6.42 Å². The van der Waals surface area contributed by atoms with Crippen LogP contribution >= 0.6 is 0 Å². The maximum Gasteiger partial charge on any atom is 0.187 e. The summed E-state index contributed by atoms with van der Waals surface area (Å²) >= 11 is 0. The second-order valence-corrected chi connectivity index (χ2v) is 5.03. The van der Waals surface area contributed by atoms with Crippen LogP contribution in [0.3, 0.4) is 0 Å². The van der Waals surface area contributed by atoms with Crippen molar-refractivity contribution in [1.29, 1.82) is 0 Å². The summed E-state index contributed by atoms with van der Waals surface area (Å²) in [4.78, 5) is 0. The Morgan fingerprint density at radius 3 is 2.33 bits per heavy atom. The Balaban J connectivity index is 2.34. The van der Waals surface area contributed by atoms with Crippen molar-refractivity contribution in [2.45, 2.75) is 12.2 Å². The summed E-state index contributed by atoms with van der Waals surface area (Å²) in [5.41, 5.74) is 1.00. The zero-order valence-corrected chi connectivity index (χ0v) is 9.72. The van der Waals surface area contributed by atoms with Gasteiger partial charge in [-0.05, 0) is 38.4 Å². The van der Waals surface area contributed by atoms with Crippen molar-refractivity contribution < 1.29 is 10.2 Å². The molecule has 88 valence electrons. The quantitative estimate of drug-likeness (QED) is 0.584. The lowest BCUT2D eigenvalue weighted by Gasteiger charge is -2.24. The van der Waals surface area contributed by atoms with Crippen LogP contribution in [0.2, 0.25) is 0 Å². The van der Waals surface area contributed by atoms with Crippen LogP contribution in [0.1, 0.15) is 5.56 Å². The molecule has 0 amide bonds. The van der Waals surface area contributed by atoms with Gasteiger partial charge >= 0.3 is 0 Å². The van der Waals surface area contributed by atoms with Crippen LogP contribution in [0.25, 0.3) is 27.6 Å². The van der Waals surface area contributed by atoms with Crippen molar-refractivity contribution in [1.82, 2.24) is 0 Å².